The number of nitriles is 1. The van der Waals surface area contributed by atoms with Gasteiger partial charge in [0.05, 0.1) is 18.9 Å². The normalized spacial score (nSPS) is 10.6. The van der Waals surface area contributed by atoms with Gasteiger partial charge in [0, 0.05) is 10.8 Å². The number of hydrogen-bond donors (Lipinski definition) is 1. The highest BCUT2D eigenvalue weighted by Crippen LogP contribution is 2.23. The van der Waals surface area contributed by atoms with Crippen molar-refractivity contribution in [3.8, 4) is 6.07 Å². The van der Waals surface area contributed by atoms with Crippen LogP contribution in [0.5, 0.6) is 0 Å². The summed E-state index contributed by atoms with van der Waals surface area (Å²) in [7, 11) is 1.29. The minimum absolute atomic E-state index is 0.190. The van der Waals surface area contributed by atoms with Gasteiger partial charge < -0.3 is 4.74 Å². The molecule has 126 valence electrons. The predicted molar refractivity (Wildman–Crippen MR) is 90.7 cm³/mol. The summed E-state index contributed by atoms with van der Waals surface area (Å²) in [5.41, 5.74) is 1.01. The van der Waals surface area contributed by atoms with E-state index in [2.05, 4.69) is 19.8 Å². The highest BCUT2D eigenvalue weighted by Gasteiger charge is 2.12. The number of carbonyl (C=O) groups is 1. The number of nitrogens with zero attached hydrogens (tertiary/aromatic N) is 4. The van der Waals surface area contributed by atoms with E-state index in [1.54, 1.807) is 12.1 Å². The SMILES string of the molecule is COC(=O)c1cc(Cl)cc(CSc2nc3c(C#N)cnn3c(=O)[nH]2)c1. The van der Waals surface area contributed by atoms with Gasteiger partial charge in [-0.3, -0.25) is 4.98 Å². The number of halogens is 1. The van der Waals surface area contributed by atoms with E-state index in [0.29, 0.717) is 21.5 Å². The fraction of sp³-hybridized carbons (Fsp3) is 0.133. The molecule has 0 spiro atoms. The number of ether oxygens (including phenoxy) is 1. The number of thioether (sulfide) groups is 1. The first-order valence-corrected chi connectivity index (χ1v) is 8.27. The van der Waals surface area contributed by atoms with E-state index < -0.39 is 11.7 Å². The average Bonchev–Trinajstić information content (AvgIpc) is 3.02. The standard InChI is InChI=1S/C15H10ClN5O3S/c1-24-13(22)9-2-8(3-11(16)4-9)7-25-14-19-12-10(5-17)6-18-21(12)15(23)20-14/h2-4,6H,7H2,1H3,(H,19,20,23). The van der Waals surface area contributed by atoms with Crippen LogP contribution in [0.4, 0.5) is 0 Å². The third kappa shape index (κ3) is 3.50. The zero-order valence-corrected chi connectivity index (χ0v) is 14.4. The van der Waals surface area contributed by atoms with Gasteiger partial charge in [0.2, 0.25) is 0 Å². The predicted octanol–water partition coefficient (Wildman–Crippen LogP) is 2.02. The number of esters is 1. The van der Waals surface area contributed by atoms with Gasteiger partial charge in [0.15, 0.2) is 10.8 Å². The van der Waals surface area contributed by atoms with Crippen LogP contribution in [0, 0.1) is 11.3 Å². The van der Waals surface area contributed by atoms with Gasteiger partial charge in [-0.1, -0.05) is 23.4 Å². The Kier molecular flexibility index (Phi) is 4.74. The lowest BCUT2D eigenvalue weighted by molar-refractivity contribution is 0.0600. The van der Waals surface area contributed by atoms with Crippen LogP contribution in [0.25, 0.3) is 5.65 Å². The van der Waals surface area contributed by atoms with E-state index in [9.17, 15) is 9.59 Å². The van der Waals surface area contributed by atoms with Crippen LogP contribution in [-0.2, 0) is 10.5 Å². The van der Waals surface area contributed by atoms with E-state index in [1.807, 2.05) is 6.07 Å². The van der Waals surface area contributed by atoms with Crippen molar-refractivity contribution < 1.29 is 9.53 Å². The number of H-pyrrole nitrogens is 1. The fourth-order valence-corrected chi connectivity index (χ4v) is 3.17. The van der Waals surface area contributed by atoms with Crippen molar-refractivity contribution in [1.82, 2.24) is 19.6 Å². The van der Waals surface area contributed by atoms with Gasteiger partial charge in [-0.05, 0) is 23.8 Å². The number of carbonyl (C=O) groups excluding carboxylic acids is 1. The second-order valence-corrected chi connectivity index (χ2v) is 6.28. The molecular weight excluding hydrogens is 366 g/mol. The lowest BCUT2D eigenvalue weighted by Crippen LogP contribution is -2.19. The van der Waals surface area contributed by atoms with Gasteiger partial charge in [-0.25, -0.2) is 14.6 Å². The monoisotopic (exact) mass is 375 g/mol. The minimum atomic E-state index is -0.490. The molecule has 2 aromatic heterocycles. The van der Waals surface area contributed by atoms with Gasteiger partial charge in [0.1, 0.15) is 11.6 Å². The van der Waals surface area contributed by atoms with E-state index in [1.165, 1.54) is 31.1 Å². The third-order valence-electron chi connectivity index (χ3n) is 3.23. The van der Waals surface area contributed by atoms with Crippen LogP contribution in [0.1, 0.15) is 21.5 Å². The number of aromatic nitrogens is 4. The average molecular weight is 376 g/mol. The summed E-state index contributed by atoms with van der Waals surface area (Å²) in [6.07, 6.45) is 1.28. The molecule has 3 aromatic rings. The van der Waals surface area contributed by atoms with Crippen molar-refractivity contribution in [3.05, 3.63) is 56.6 Å². The molecule has 0 unspecified atom stereocenters. The summed E-state index contributed by atoms with van der Waals surface area (Å²) in [5, 5.41) is 13.6. The second kappa shape index (κ2) is 6.96. The Balaban J connectivity index is 1.88. The Labute approximate surface area is 150 Å². The molecule has 10 heteroatoms. The fourth-order valence-electron chi connectivity index (χ4n) is 2.14. The van der Waals surface area contributed by atoms with Crippen LogP contribution < -0.4 is 5.69 Å². The Morgan fingerprint density at radius 3 is 3.00 bits per heavy atom. The first-order valence-electron chi connectivity index (χ1n) is 6.90. The number of nitrogens with one attached hydrogen (secondary N) is 1. The molecule has 0 amide bonds. The van der Waals surface area contributed by atoms with Crippen LogP contribution in [0.3, 0.4) is 0 Å². The smallest absolute Gasteiger partial charge is 0.350 e. The zero-order valence-electron chi connectivity index (χ0n) is 12.8. The maximum absolute atomic E-state index is 12.0. The maximum atomic E-state index is 12.0. The molecule has 25 heavy (non-hydrogen) atoms. The third-order valence-corrected chi connectivity index (χ3v) is 4.39. The Morgan fingerprint density at radius 2 is 2.28 bits per heavy atom. The van der Waals surface area contributed by atoms with Crippen molar-refractivity contribution in [3.63, 3.8) is 0 Å². The van der Waals surface area contributed by atoms with E-state index in [4.69, 9.17) is 16.9 Å². The molecule has 0 saturated heterocycles. The zero-order chi connectivity index (χ0) is 18.0. The number of aromatic amines is 1. The highest BCUT2D eigenvalue weighted by molar-refractivity contribution is 7.98. The van der Waals surface area contributed by atoms with Crippen LogP contribution in [-0.4, -0.2) is 32.7 Å². The molecule has 0 saturated carbocycles. The minimum Gasteiger partial charge on any atom is -0.465 e. The van der Waals surface area contributed by atoms with Gasteiger partial charge in [-0.2, -0.15) is 14.9 Å². The molecule has 0 aliphatic carbocycles. The summed E-state index contributed by atoms with van der Waals surface area (Å²) in [6.45, 7) is 0. The quantitative estimate of drug-likeness (QED) is 0.548. The lowest BCUT2D eigenvalue weighted by atomic mass is 10.1. The molecular formula is C15H10ClN5O3S. The van der Waals surface area contributed by atoms with Crippen LogP contribution in [0.15, 0.2) is 34.3 Å². The summed E-state index contributed by atoms with van der Waals surface area (Å²) < 4.78 is 5.71. The van der Waals surface area contributed by atoms with Gasteiger partial charge >= 0.3 is 11.7 Å². The first-order chi connectivity index (χ1) is 12.0. The van der Waals surface area contributed by atoms with Crippen molar-refractivity contribution in [1.29, 1.82) is 5.26 Å². The molecule has 0 fully saturated rings. The lowest BCUT2D eigenvalue weighted by Gasteiger charge is -2.06. The molecule has 0 aliphatic heterocycles. The van der Waals surface area contributed by atoms with Gasteiger partial charge in [-0.15, -0.1) is 0 Å². The number of fused-ring (bicyclic) bond motifs is 1. The molecule has 0 atom stereocenters. The first kappa shape index (κ1) is 17.0. The Hall–Kier alpha value is -2.83. The molecule has 2 heterocycles. The molecule has 3 rings (SSSR count). The molecule has 0 aliphatic rings. The van der Waals surface area contributed by atoms with Crippen LogP contribution in [0.2, 0.25) is 5.02 Å². The molecule has 0 bridgehead atoms. The van der Waals surface area contributed by atoms with Gasteiger partial charge in [0.25, 0.3) is 0 Å². The van der Waals surface area contributed by atoms with Crippen molar-refractivity contribution in [2.45, 2.75) is 10.9 Å². The number of hydrogen-bond acceptors (Lipinski definition) is 7. The largest absolute Gasteiger partial charge is 0.465 e. The van der Waals surface area contributed by atoms with E-state index >= 15 is 0 Å². The van der Waals surface area contributed by atoms with E-state index in [0.717, 1.165) is 10.1 Å². The molecule has 1 aromatic carbocycles. The number of methoxy groups -OCH3 is 1. The van der Waals surface area contributed by atoms with Crippen molar-refractivity contribution in [2.75, 3.05) is 7.11 Å². The Bertz CT molecular complexity index is 1070. The second-order valence-electron chi connectivity index (χ2n) is 4.88. The summed E-state index contributed by atoms with van der Waals surface area (Å²) in [5.74, 6) is -0.0840. The summed E-state index contributed by atoms with van der Waals surface area (Å²) >= 11 is 7.26. The topological polar surface area (TPSA) is 113 Å². The highest BCUT2D eigenvalue weighted by atomic mass is 35.5. The number of benzene rings is 1. The Morgan fingerprint density at radius 1 is 1.48 bits per heavy atom. The molecule has 1 N–H and O–H groups in total. The van der Waals surface area contributed by atoms with Crippen LogP contribution >= 0.6 is 23.4 Å². The number of rotatable bonds is 4. The maximum Gasteiger partial charge on any atom is 0.350 e. The van der Waals surface area contributed by atoms with Crippen molar-refractivity contribution in [2.24, 2.45) is 0 Å². The molecule has 0 radical (unpaired) electrons. The van der Waals surface area contributed by atoms with E-state index in [-0.39, 0.29) is 11.2 Å². The molecule has 8 nitrogen and oxygen atoms in total. The summed E-state index contributed by atoms with van der Waals surface area (Å²) in [4.78, 5) is 30.4. The van der Waals surface area contributed by atoms with Crippen molar-refractivity contribution >= 4 is 35.0 Å². The summed E-state index contributed by atoms with van der Waals surface area (Å²) in [6, 6.07) is 6.81.